The number of piperidine rings is 1. The highest BCUT2D eigenvalue weighted by Gasteiger charge is 2.43. The molecule has 0 unspecified atom stereocenters. The van der Waals surface area contributed by atoms with E-state index >= 15 is 0 Å². The summed E-state index contributed by atoms with van der Waals surface area (Å²) in [5, 5.41) is 0. The van der Waals surface area contributed by atoms with Crippen LogP contribution in [-0.4, -0.2) is 36.6 Å². The number of likely N-dealkylation sites (N-methyl/N-ethyl adjacent to an activating group) is 1. The molecular formula is C20H26N4. The van der Waals surface area contributed by atoms with Crippen molar-refractivity contribution < 1.29 is 0 Å². The van der Waals surface area contributed by atoms with Gasteiger partial charge in [-0.3, -0.25) is 0 Å². The van der Waals surface area contributed by atoms with E-state index in [4.69, 9.17) is 0 Å². The van der Waals surface area contributed by atoms with Crippen molar-refractivity contribution in [1.29, 1.82) is 0 Å². The number of fused-ring (bicyclic) bond motifs is 2. The highest BCUT2D eigenvalue weighted by Crippen LogP contribution is 2.46. The molecule has 1 aromatic carbocycles. The standard InChI is InChI=1S/C20H26N4/c1-4-16-13-19(22-15(2)21-16)24-11-9-20(10-12-24)14-23(3)18-8-6-5-7-17(18)20/h5-8,13H,4,9-12,14H2,1-3H3. The summed E-state index contributed by atoms with van der Waals surface area (Å²) in [6.07, 6.45) is 3.35. The fourth-order valence-corrected chi connectivity index (χ4v) is 4.43. The number of anilines is 2. The normalized spacial score (nSPS) is 19.0. The predicted octanol–water partition coefficient (Wildman–Crippen LogP) is 3.34. The average molecular weight is 322 g/mol. The average Bonchev–Trinajstić information content (AvgIpc) is 2.87. The van der Waals surface area contributed by atoms with Gasteiger partial charge in [0.2, 0.25) is 0 Å². The number of benzene rings is 1. The molecule has 126 valence electrons. The SMILES string of the molecule is CCc1cc(N2CCC3(CC2)CN(C)c2ccccc23)nc(C)n1. The van der Waals surface area contributed by atoms with Crippen LogP contribution in [0.5, 0.6) is 0 Å². The maximum atomic E-state index is 4.68. The minimum absolute atomic E-state index is 0.317. The van der Waals surface area contributed by atoms with E-state index in [2.05, 4.69) is 64.1 Å². The molecule has 0 N–H and O–H groups in total. The van der Waals surface area contributed by atoms with E-state index in [-0.39, 0.29) is 0 Å². The molecule has 1 saturated heterocycles. The molecule has 0 aliphatic carbocycles. The maximum Gasteiger partial charge on any atom is 0.132 e. The summed E-state index contributed by atoms with van der Waals surface area (Å²) in [6, 6.07) is 11.1. The van der Waals surface area contributed by atoms with Crippen molar-refractivity contribution in [3.8, 4) is 0 Å². The van der Waals surface area contributed by atoms with Crippen molar-refractivity contribution in [3.05, 3.63) is 47.4 Å². The van der Waals surface area contributed by atoms with Gasteiger partial charge >= 0.3 is 0 Å². The Morgan fingerprint density at radius 3 is 2.62 bits per heavy atom. The monoisotopic (exact) mass is 322 g/mol. The Kier molecular flexibility index (Phi) is 3.70. The number of hydrogen-bond acceptors (Lipinski definition) is 4. The molecule has 1 aromatic heterocycles. The van der Waals surface area contributed by atoms with E-state index in [0.717, 1.165) is 43.4 Å². The molecule has 4 heteroatoms. The number of nitrogens with zero attached hydrogens (tertiary/aromatic N) is 4. The molecule has 0 atom stereocenters. The van der Waals surface area contributed by atoms with Gasteiger partial charge in [-0.05, 0) is 37.8 Å². The third-order valence-electron chi connectivity index (χ3n) is 5.71. The first-order valence-electron chi connectivity index (χ1n) is 9.01. The first-order valence-corrected chi connectivity index (χ1v) is 9.01. The van der Waals surface area contributed by atoms with Crippen LogP contribution in [0, 0.1) is 6.92 Å². The Morgan fingerprint density at radius 2 is 1.88 bits per heavy atom. The number of rotatable bonds is 2. The molecule has 1 spiro atoms. The zero-order valence-electron chi connectivity index (χ0n) is 14.9. The molecule has 0 radical (unpaired) electrons. The summed E-state index contributed by atoms with van der Waals surface area (Å²) in [4.78, 5) is 14.1. The van der Waals surface area contributed by atoms with Crippen LogP contribution in [0.4, 0.5) is 11.5 Å². The van der Waals surface area contributed by atoms with Crippen molar-refractivity contribution in [1.82, 2.24) is 9.97 Å². The van der Waals surface area contributed by atoms with Crippen LogP contribution in [-0.2, 0) is 11.8 Å². The van der Waals surface area contributed by atoms with Gasteiger partial charge in [0, 0.05) is 49.5 Å². The van der Waals surface area contributed by atoms with Gasteiger partial charge in [0.15, 0.2) is 0 Å². The second-order valence-electron chi connectivity index (χ2n) is 7.26. The summed E-state index contributed by atoms with van der Waals surface area (Å²) in [7, 11) is 2.22. The molecule has 2 aromatic rings. The number of hydrogen-bond donors (Lipinski definition) is 0. The molecule has 3 heterocycles. The minimum atomic E-state index is 0.317. The van der Waals surface area contributed by atoms with Crippen molar-refractivity contribution in [2.45, 2.75) is 38.5 Å². The molecular weight excluding hydrogens is 296 g/mol. The summed E-state index contributed by atoms with van der Waals surface area (Å²) < 4.78 is 0. The Labute approximate surface area is 144 Å². The van der Waals surface area contributed by atoms with Crippen molar-refractivity contribution in [2.75, 3.05) is 36.5 Å². The lowest BCUT2D eigenvalue weighted by Crippen LogP contribution is -2.45. The summed E-state index contributed by atoms with van der Waals surface area (Å²) in [5.74, 6) is 1.99. The van der Waals surface area contributed by atoms with Crippen molar-refractivity contribution >= 4 is 11.5 Å². The topological polar surface area (TPSA) is 32.3 Å². The fraction of sp³-hybridized carbons (Fsp3) is 0.500. The first-order chi connectivity index (χ1) is 11.6. The van der Waals surface area contributed by atoms with Crippen LogP contribution in [0.25, 0.3) is 0 Å². The molecule has 24 heavy (non-hydrogen) atoms. The van der Waals surface area contributed by atoms with Crippen LogP contribution in [0.3, 0.4) is 0 Å². The van der Waals surface area contributed by atoms with Crippen molar-refractivity contribution in [3.63, 3.8) is 0 Å². The summed E-state index contributed by atoms with van der Waals surface area (Å²) in [6.45, 7) is 7.44. The van der Waals surface area contributed by atoms with Gasteiger partial charge in [0.05, 0.1) is 0 Å². The van der Waals surface area contributed by atoms with Gasteiger partial charge in [-0.15, -0.1) is 0 Å². The molecule has 4 rings (SSSR count). The molecule has 1 fully saturated rings. The van der Waals surface area contributed by atoms with Crippen LogP contribution >= 0.6 is 0 Å². The van der Waals surface area contributed by atoms with Gasteiger partial charge < -0.3 is 9.80 Å². The van der Waals surface area contributed by atoms with Gasteiger partial charge in [-0.1, -0.05) is 25.1 Å². The zero-order valence-corrected chi connectivity index (χ0v) is 14.9. The first kappa shape index (κ1) is 15.4. The van der Waals surface area contributed by atoms with Gasteiger partial charge in [-0.25, -0.2) is 9.97 Å². The van der Waals surface area contributed by atoms with E-state index in [1.165, 1.54) is 18.5 Å². The quantitative estimate of drug-likeness (QED) is 0.849. The van der Waals surface area contributed by atoms with E-state index in [0.29, 0.717) is 5.41 Å². The van der Waals surface area contributed by atoms with Gasteiger partial charge in [-0.2, -0.15) is 0 Å². The Morgan fingerprint density at radius 1 is 1.12 bits per heavy atom. The van der Waals surface area contributed by atoms with Gasteiger partial charge in [0.1, 0.15) is 11.6 Å². The van der Waals surface area contributed by atoms with E-state index < -0.39 is 0 Å². The molecule has 0 amide bonds. The second kappa shape index (κ2) is 5.76. The summed E-state index contributed by atoms with van der Waals surface area (Å²) >= 11 is 0. The Bertz CT molecular complexity index is 747. The summed E-state index contributed by atoms with van der Waals surface area (Å²) in [5.41, 5.74) is 4.42. The lowest BCUT2D eigenvalue weighted by molar-refractivity contribution is 0.352. The van der Waals surface area contributed by atoms with E-state index in [9.17, 15) is 0 Å². The number of aryl methyl sites for hydroxylation is 2. The third kappa shape index (κ3) is 2.45. The number of aromatic nitrogens is 2. The third-order valence-corrected chi connectivity index (χ3v) is 5.71. The predicted molar refractivity (Wildman–Crippen MR) is 99.0 cm³/mol. The van der Waals surface area contributed by atoms with Crippen LogP contribution < -0.4 is 9.80 Å². The Balaban J connectivity index is 1.57. The fourth-order valence-electron chi connectivity index (χ4n) is 4.43. The number of para-hydroxylation sites is 1. The molecule has 0 bridgehead atoms. The van der Waals surface area contributed by atoms with Crippen LogP contribution in [0.1, 0.15) is 36.8 Å². The highest BCUT2D eigenvalue weighted by molar-refractivity contribution is 5.62. The van der Waals surface area contributed by atoms with Crippen molar-refractivity contribution in [2.24, 2.45) is 0 Å². The largest absolute Gasteiger partial charge is 0.373 e. The second-order valence-corrected chi connectivity index (χ2v) is 7.26. The minimum Gasteiger partial charge on any atom is -0.373 e. The maximum absolute atomic E-state index is 4.68. The van der Waals surface area contributed by atoms with Crippen LogP contribution in [0.15, 0.2) is 30.3 Å². The lowest BCUT2D eigenvalue weighted by atomic mass is 9.74. The molecule has 2 aliphatic rings. The lowest BCUT2D eigenvalue weighted by Gasteiger charge is -2.40. The van der Waals surface area contributed by atoms with Crippen LogP contribution in [0.2, 0.25) is 0 Å². The Hall–Kier alpha value is -2.10. The van der Waals surface area contributed by atoms with E-state index in [1.54, 1.807) is 5.56 Å². The highest BCUT2D eigenvalue weighted by atomic mass is 15.2. The smallest absolute Gasteiger partial charge is 0.132 e. The molecule has 0 saturated carbocycles. The van der Waals surface area contributed by atoms with Gasteiger partial charge in [0.25, 0.3) is 0 Å². The molecule has 2 aliphatic heterocycles. The molecule has 4 nitrogen and oxygen atoms in total. The zero-order chi connectivity index (χ0) is 16.7. The van der Waals surface area contributed by atoms with E-state index in [1.807, 2.05) is 6.92 Å².